The maximum atomic E-state index is 8.77. The lowest BCUT2D eigenvalue weighted by molar-refractivity contribution is 0.303. The molecule has 1 aromatic rings. The molecule has 1 atom stereocenters. The van der Waals surface area contributed by atoms with Crippen molar-refractivity contribution in [2.75, 3.05) is 25.5 Å². The number of anilines is 1. The van der Waals surface area contributed by atoms with Crippen LogP contribution >= 0.6 is 0 Å². The van der Waals surface area contributed by atoms with Crippen LogP contribution in [-0.2, 0) is 6.54 Å². The normalized spacial score (nSPS) is 12.2. The summed E-state index contributed by atoms with van der Waals surface area (Å²) in [5, 5.41) is 12.0. The molecule has 0 saturated heterocycles. The summed E-state index contributed by atoms with van der Waals surface area (Å²) in [6.45, 7) is 6.63. The molecule has 0 aliphatic heterocycles. The first-order chi connectivity index (χ1) is 8.65. The van der Waals surface area contributed by atoms with Gasteiger partial charge in [0.05, 0.1) is 12.0 Å². The Labute approximate surface area is 110 Å². The Morgan fingerprint density at radius 1 is 1.50 bits per heavy atom. The third kappa shape index (κ3) is 5.15. The van der Waals surface area contributed by atoms with Crippen molar-refractivity contribution in [2.45, 2.75) is 26.8 Å². The summed E-state index contributed by atoms with van der Waals surface area (Å²) in [5.74, 6) is 0.988. The van der Waals surface area contributed by atoms with Crippen molar-refractivity contribution < 1.29 is 0 Å². The van der Waals surface area contributed by atoms with Gasteiger partial charge in [-0.05, 0) is 32.0 Å². The van der Waals surface area contributed by atoms with E-state index in [1.807, 2.05) is 26.2 Å². The summed E-state index contributed by atoms with van der Waals surface area (Å²) >= 11 is 0. The first kappa shape index (κ1) is 14.5. The number of nitrogens with one attached hydrogen (secondary N) is 1. The number of nitriles is 1. The van der Waals surface area contributed by atoms with Crippen LogP contribution in [0.3, 0.4) is 0 Å². The zero-order valence-electron chi connectivity index (χ0n) is 11.5. The van der Waals surface area contributed by atoms with Crippen LogP contribution in [0.2, 0.25) is 0 Å². The molecule has 0 aliphatic rings. The Hall–Kier alpha value is -1.60. The molecule has 0 aliphatic carbocycles. The van der Waals surface area contributed by atoms with E-state index in [0.717, 1.165) is 31.9 Å². The van der Waals surface area contributed by atoms with Gasteiger partial charge in [-0.15, -0.1) is 0 Å². The average Bonchev–Trinajstić information content (AvgIpc) is 2.37. The summed E-state index contributed by atoms with van der Waals surface area (Å²) in [7, 11) is 2.02. The van der Waals surface area contributed by atoms with E-state index in [2.05, 4.69) is 34.3 Å². The molecule has 1 heterocycles. The minimum absolute atomic E-state index is 0.0634. The first-order valence-corrected chi connectivity index (χ1v) is 6.42. The van der Waals surface area contributed by atoms with Crippen molar-refractivity contribution in [2.24, 2.45) is 5.92 Å². The molecule has 1 unspecified atom stereocenters. The molecule has 98 valence electrons. The Kier molecular flexibility index (Phi) is 6.16. The van der Waals surface area contributed by atoms with Crippen LogP contribution in [0.15, 0.2) is 18.3 Å². The number of rotatable bonds is 7. The van der Waals surface area contributed by atoms with Crippen LogP contribution in [0.1, 0.15) is 25.8 Å². The fraction of sp³-hybridized carbons (Fsp3) is 0.571. The molecule has 0 bridgehead atoms. The van der Waals surface area contributed by atoms with Gasteiger partial charge in [0.25, 0.3) is 0 Å². The Morgan fingerprint density at radius 2 is 2.28 bits per heavy atom. The van der Waals surface area contributed by atoms with Gasteiger partial charge in [0.2, 0.25) is 0 Å². The van der Waals surface area contributed by atoms with Gasteiger partial charge in [-0.25, -0.2) is 4.98 Å². The SMILES string of the molecule is CCCNc1ccc(CN(C)CC(C)C#N)cn1. The molecule has 0 radical (unpaired) electrons. The van der Waals surface area contributed by atoms with Gasteiger partial charge in [0, 0.05) is 25.8 Å². The van der Waals surface area contributed by atoms with Crippen molar-refractivity contribution >= 4 is 5.82 Å². The monoisotopic (exact) mass is 246 g/mol. The van der Waals surface area contributed by atoms with Crippen molar-refractivity contribution in [3.05, 3.63) is 23.9 Å². The highest BCUT2D eigenvalue weighted by molar-refractivity contribution is 5.35. The topological polar surface area (TPSA) is 52.0 Å². The fourth-order valence-corrected chi connectivity index (χ4v) is 1.76. The summed E-state index contributed by atoms with van der Waals surface area (Å²) in [6, 6.07) is 6.33. The highest BCUT2D eigenvalue weighted by atomic mass is 15.1. The summed E-state index contributed by atoms with van der Waals surface area (Å²) in [6.07, 6.45) is 2.99. The lowest BCUT2D eigenvalue weighted by Gasteiger charge is -2.17. The maximum Gasteiger partial charge on any atom is 0.125 e. The third-order valence-corrected chi connectivity index (χ3v) is 2.64. The van der Waals surface area contributed by atoms with E-state index in [9.17, 15) is 0 Å². The molecule has 0 saturated carbocycles. The van der Waals surface area contributed by atoms with E-state index in [1.165, 1.54) is 5.56 Å². The lowest BCUT2D eigenvalue weighted by Crippen LogP contribution is -2.23. The van der Waals surface area contributed by atoms with Gasteiger partial charge in [-0.3, -0.25) is 0 Å². The average molecular weight is 246 g/mol. The third-order valence-electron chi connectivity index (χ3n) is 2.64. The van der Waals surface area contributed by atoms with Crippen LogP contribution in [0.5, 0.6) is 0 Å². The lowest BCUT2D eigenvalue weighted by atomic mass is 10.2. The molecular formula is C14H22N4. The predicted octanol–water partition coefficient (Wildman–Crippen LogP) is 2.49. The van der Waals surface area contributed by atoms with E-state index in [-0.39, 0.29) is 5.92 Å². The van der Waals surface area contributed by atoms with Crippen LogP contribution < -0.4 is 5.32 Å². The number of aromatic nitrogens is 1. The van der Waals surface area contributed by atoms with E-state index >= 15 is 0 Å². The second kappa shape index (κ2) is 7.67. The largest absolute Gasteiger partial charge is 0.370 e. The molecule has 1 N–H and O–H groups in total. The minimum atomic E-state index is 0.0634. The van der Waals surface area contributed by atoms with Gasteiger partial charge >= 0.3 is 0 Å². The summed E-state index contributed by atoms with van der Waals surface area (Å²) in [5.41, 5.74) is 1.17. The van der Waals surface area contributed by atoms with Gasteiger partial charge < -0.3 is 10.2 Å². The maximum absolute atomic E-state index is 8.77. The highest BCUT2D eigenvalue weighted by Gasteiger charge is 2.06. The van der Waals surface area contributed by atoms with Gasteiger partial charge in [-0.2, -0.15) is 5.26 Å². The molecule has 1 rings (SSSR count). The molecule has 0 spiro atoms. The van der Waals surface area contributed by atoms with Crippen LogP contribution in [-0.4, -0.2) is 30.0 Å². The molecule has 0 aromatic carbocycles. The van der Waals surface area contributed by atoms with Crippen LogP contribution in [0, 0.1) is 17.2 Å². The molecule has 4 nitrogen and oxygen atoms in total. The summed E-state index contributed by atoms with van der Waals surface area (Å²) < 4.78 is 0. The second-order valence-electron chi connectivity index (χ2n) is 4.71. The standard InChI is InChI=1S/C14H22N4/c1-4-7-16-14-6-5-13(9-17-14)11-18(3)10-12(2)8-15/h5-6,9,12H,4,7,10-11H2,1-3H3,(H,16,17). The smallest absolute Gasteiger partial charge is 0.125 e. The molecular weight excluding hydrogens is 224 g/mol. The zero-order chi connectivity index (χ0) is 13.4. The highest BCUT2D eigenvalue weighted by Crippen LogP contribution is 2.08. The van der Waals surface area contributed by atoms with Gasteiger partial charge in [0.15, 0.2) is 0 Å². The van der Waals surface area contributed by atoms with E-state index < -0.39 is 0 Å². The van der Waals surface area contributed by atoms with Crippen LogP contribution in [0.25, 0.3) is 0 Å². The van der Waals surface area contributed by atoms with Gasteiger partial charge in [0.1, 0.15) is 5.82 Å². The molecule has 1 aromatic heterocycles. The molecule has 0 fully saturated rings. The number of nitrogens with zero attached hydrogens (tertiary/aromatic N) is 3. The Balaban J connectivity index is 2.45. The molecule has 18 heavy (non-hydrogen) atoms. The van der Waals surface area contributed by atoms with E-state index in [0.29, 0.717) is 0 Å². The minimum Gasteiger partial charge on any atom is -0.370 e. The zero-order valence-corrected chi connectivity index (χ0v) is 11.5. The van der Waals surface area contributed by atoms with Crippen molar-refractivity contribution in [1.29, 1.82) is 5.26 Å². The number of hydrogen-bond acceptors (Lipinski definition) is 4. The van der Waals surface area contributed by atoms with E-state index in [1.54, 1.807) is 0 Å². The van der Waals surface area contributed by atoms with Crippen molar-refractivity contribution in [1.82, 2.24) is 9.88 Å². The van der Waals surface area contributed by atoms with Crippen molar-refractivity contribution in [3.63, 3.8) is 0 Å². The van der Waals surface area contributed by atoms with Gasteiger partial charge in [-0.1, -0.05) is 13.0 Å². The Bertz CT molecular complexity index is 380. The number of pyridine rings is 1. The predicted molar refractivity (Wildman–Crippen MR) is 74.1 cm³/mol. The molecule has 4 heteroatoms. The summed E-state index contributed by atoms with van der Waals surface area (Å²) in [4.78, 5) is 6.51. The molecule has 0 amide bonds. The Morgan fingerprint density at radius 3 is 2.83 bits per heavy atom. The van der Waals surface area contributed by atoms with Crippen molar-refractivity contribution in [3.8, 4) is 6.07 Å². The quantitative estimate of drug-likeness (QED) is 0.803. The van der Waals surface area contributed by atoms with E-state index in [4.69, 9.17) is 5.26 Å². The fourth-order valence-electron chi connectivity index (χ4n) is 1.76. The van der Waals surface area contributed by atoms with Crippen LogP contribution in [0.4, 0.5) is 5.82 Å². The first-order valence-electron chi connectivity index (χ1n) is 6.42. The number of hydrogen-bond donors (Lipinski definition) is 1. The second-order valence-corrected chi connectivity index (χ2v) is 4.71.